The van der Waals surface area contributed by atoms with Gasteiger partial charge in [-0.05, 0) is 54.6 Å². The lowest BCUT2D eigenvalue weighted by Gasteiger charge is -2.33. The van der Waals surface area contributed by atoms with Crippen molar-refractivity contribution in [3.05, 3.63) is 89.5 Å². The van der Waals surface area contributed by atoms with Gasteiger partial charge in [0.2, 0.25) is 11.8 Å². The zero-order valence-corrected chi connectivity index (χ0v) is 28.4. The molecule has 3 aliphatic rings. The summed E-state index contributed by atoms with van der Waals surface area (Å²) in [6, 6.07) is 22.7. The van der Waals surface area contributed by atoms with Gasteiger partial charge in [-0.15, -0.1) is 0 Å². The Labute approximate surface area is 276 Å². The lowest BCUT2D eigenvalue weighted by Crippen LogP contribution is -2.46. The number of aliphatic hydroxyl groups excluding tert-OH is 1. The number of anilines is 2. The van der Waals surface area contributed by atoms with E-state index in [2.05, 4.69) is 0 Å². The molecule has 3 heterocycles. The molecule has 47 heavy (non-hydrogen) atoms. The number of methoxy groups -OCH3 is 1. The Morgan fingerprint density at radius 3 is 2.45 bits per heavy atom. The van der Waals surface area contributed by atoms with Crippen molar-refractivity contribution in [2.75, 3.05) is 36.6 Å². The Balaban J connectivity index is 1.35. The van der Waals surface area contributed by atoms with Crippen LogP contribution in [0.25, 0.3) is 0 Å². The van der Waals surface area contributed by atoms with Crippen LogP contribution in [-0.2, 0) is 37.8 Å². The van der Waals surface area contributed by atoms with Crippen LogP contribution in [-0.4, -0.2) is 73.8 Å². The number of amides is 3. The van der Waals surface area contributed by atoms with Gasteiger partial charge in [-0.3, -0.25) is 14.4 Å². The highest BCUT2D eigenvalue weighted by Crippen LogP contribution is 2.60. The van der Waals surface area contributed by atoms with E-state index < -0.39 is 31.5 Å². The summed E-state index contributed by atoms with van der Waals surface area (Å²) in [4.78, 5) is 57.6. The molecule has 3 aliphatic heterocycles. The summed E-state index contributed by atoms with van der Waals surface area (Å²) in [5.74, 6) is -0.284. The van der Waals surface area contributed by atoms with E-state index in [-0.39, 0.29) is 43.8 Å². The summed E-state index contributed by atoms with van der Waals surface area (Å²) in [6.07, 6.45) is -0.245. The van der Waals surface area contributed by atoms with Crippen molar-refractivity contribution in [1.29, 1.82) is 0 Å². The number of nitrogens with zero attached hydrogens (tertiary/aromatic N) is 3. The van der Waals surface area contributed by atoms with Gasteiger partial charge in [0.05, 0.1) is 38.5 Å². The van der Waals surface area contributed by atoms with Crippen LogP contribution >= 0.6 is 0 Å². The van der Waals surface area contributed by atoms with Crippen LogP contribution in [0, 0.1) is 5.92 Å². The average Bonchev–Trinajstić information content (AvgIpc) is 3.46. The number of fused-ring (bicyclic) bond motifs is 2. The Morgan fingerprint density at radius 1 is 1.06 bits per heavy atom. The third-order valence-corrected chi connectivity index (χ3v) is 12.4. The predicted molar refractivity (Wildman–Crippen MR) is 180 cm³/mol. The number of β-lactam (4-membered cyclic amide) rings is 1. The molecule has 0 aromatic heterocycles. The second kappa shape index (κ2) is 12.9. The monoisotopic (exact) mass is 657 g/mol. The van der Waals surface area contributed by atoms with Gasteiger partial charge in [-0.1, -0.05) is 49.4 Å². The van der Waals surface area contributed by atoms with E-state index in [1.54, 1.807) is 21.8 Å². The van der Waals surface area contributed by atoms with Crippen molar-refractivity contribution in [3.63, 3.8) is 0 Å². The third kappa shape index (κ3) is 5.97. The van der Waals surface area contributed by atoms with Crippen molar-refractivity contribution < 1.29 is 33.8 Å². The number of hydrogen-bond acceptors (Lipinski definition) is 7. The topological polar surface area (TPSA) is 120 Å². The first-order valence-electron chi connectivity index (χ1n) is 16.2. The third-order valence-electron chi connectivity index (χ3n) is 9.92. The largest absolute Gasteiger partial charge is 0.497 e. The van der Waals surface area contributed by atoms with E-state index in [1.165, 1.54) is 0 Å². The molecule has 0 radical (unpaired) electrons. The number of aliphatic hydroxyl groups is 1. The van der Waals surface area contributed by atoms with Gasteiger partial charge in [0.1, 0.15) is 5.75 Å². The number of benzene rings is 3. The molecule has 0 saturated carbocycles. The summed E-state index contributed by atoms with van der Waals surface area (Å²) < 4.78 is 12.5. The first kappa shape index (κ1) is 32.9. The first-order valence-corrected chi connectivity index (χ1v) is 19.2. The molecule has 3 amide bonds. The predicted octanol–water partition coefficient (Wildman–Crippen LogP) is 4.19. The minimum absolute atomic E-state index is 0.0426. The van der Waals surface area contributed by atoms with Crippen molar-refractivity contribution in [2.24, 2.45) is 5.92 Å². The maximum atomic E-state index is 14.8. The summed E-state index contributed by atoms with van der Waals surface area (Å²) >= 11 is 0. The molecule has 3 aromatic carbocycles. The van der Waals surface area contributed by atoms with Gasteiger partial charge in [0.15, 0.2) is 13.9 Å². The Hall–Kier alpha value is -4.03. The summed E-state index contributed by atoms with van der Waals surface area (Å²) in [5, 5.41) is 9.80. The zero-order valence-electron chi connectivity index (χ0n) is 27.4. The molecule has 1 spiro atoms. The van der Waals surface area contributed by atoms with Gasteiger partial charge in [0.25, 0.3) is 5.91 Å². The van der Waals surface area contributed by atoms with Crippen LogP contribution < -0.4 is 14.5 Å². The SMILES string of the molecule is COc1ccc2c(c1)[C@]1(O[C@@H](CC(=O)N(CCO)Cc3ccccc3)[C@H]([Si](C)(C)O)[C@H]1C)C(=O)N2Cc1cccc(N2CCC2=O)c1. The van der Waals surface area contributed by atoms with Crippen LogP contribution in [0.3, 0.4) is 0 Å². The maximum Gasteiger partial charge on any atom is 0.264 e. The van der Waals surface area contributed by atoms with Crippen LogP contribution in [0.2, 0.25) is 18.6 Å². The fourth-order valence-electron chi connectivity index (χ4n) is 7.65. The van der Waals surface area contributed by atoms with E-state index in [1.807, 2.05) is 92.8 Å². The molecular formula is C36H43N3O7Si. The van der Waals surface area contributed by atoms with Crippen molar-refractivity contribution >= 4 is 37.4 Å². The maximum absolute atomic E-state index is 14.8. The molecule has 2 fully saturated rings. The highest BCUT2D eigenvalue weighted by Gasteiger charge is 2.66. The molecule has 0 aliphatic carbocycles. The van der Waals surface area contributed by atoms with Gasteiger partial charge < -0.3 is 34.1 Å². The highest BCUT2D eigenvalue weighted by atomic mass is 28.4. The van der Waals surface area contributed by atoms with E-state index >= 15 is 0 Å². The molecule has 248 valence electrons. The van der Waals surface area contributed by atoms with Crippen LogP contribution in [0.4, 0.5) is 11.4 Å². The number of rotatable bonds is 11. The molecule has 0 unspecified atom stereocenters. The molecule has 2 N–H and O–H groups in total. The van der Waals surface area contributed by atoms with Gasteiger partial charge in [-0.25, -0.2) is 0 Å². The average molecular weight is 658 g/mol. The van der Waals surface area contributed by atoms with Crippen LogP contribution in [0.1, 0.15) is 36.5 Å². The molecule has 11 heteroatoms. The minimum atomic E-state index is -3.02. The first-order chi connectivity index (χ1) is 22.5. The number of carbonyl (C=O) groups excluding carboxylic acids is 3. The summed E-state index contributed by atoms with van der Waals surface area (Å²) in [7, 11) is -1.45. The highest BCUT2D eigenvalue weighted by molar-refractivity contribution is 6.71. The second-order valence-corrected chi connectivity index (χ2v) is 17.3. The van der Waals surface area contributed by atoms with E-state index in [0.29, 0.717) is 36.5 Å². The molecule has 10 nitrogen and oxygen atoms in total. The van der Waals surface area contributed by atoms with Crippen LogP contribution in [0.5, 0.6) is 5.75 Å². The molecule has 6 rings (SSSR count). The number of carbonyl (C=O) groups is 3. The van der Waals surface area contributed by atoms with E-state index in [0.717, 1.165) is 16.8 Å². The zero-order chi connectivity index (χ0) is 33.5. The fourth-order valence-corrected chi connectivity index (χ4v) is 10.2. The van der Waals surface area contributed by atoms with Gasteiger partial charge in [-0.2, -0.15) is 0 Å². The van der Waals surface area contributed by atoms with Gasteiger partial charge >= 0.3 is 0 Å². The molecular weight excluding hydrogens is 614 g/mol. The lowest BCUT2D eigenvalue weighted by atomic mass is 9.82. The van der Waals surface area contributed by atoms with Crippen molar-refractivity contribution in [1.82, 2.24) is 4.90 Å². The molecule has 3 aromatic rings. The van der Waals surface area contributed by atoms with Crippen molar-refractivity contribution in [2.45, 2.75) is 63.2 Å². The summed E-state index contributed by atoms with van der Waals surface area (Å²) in [5.41, 5.74) is 2.04. The lowest BCUT2D eigenvalue weighted by molar-refractivity contribution is -0.150. The molecule has 2 saturated heterocycles. The Morgan fingerprint density at radius 2 is 1.81 bits per heavy atom. The fraction of sp³-hybridized carbons (Fsp3) is 0.417. The number of hydrogen-bond donors (Lipinski definition) is 2. The molecule has 0 bridgehead atoms. The second-order valence-electron chi connectivity index (χ2n) is 13.3. The van der Waals surface area contributed by atoms with E-state index in [4.69, 9.17) is 9.47 Å². The number of ether oxygens (including phenoxy) is 2. The quantitative estimate of drug-likeness (QED) is 0.235. The van der Waals surface area contributed by atoms with E-state index in [9.17, 15) is 24.3 Å². The summed E-state index contributed by atoms with van der Waals surface area (Å²) in [6.45, 7) is 6.81. The normalized spacial score (nSPS) is 23.7. The standard InChI is InChI=1S/C36H43N3O7Si/c1-24-34(47(3,4)44)31(21-33(42)37(17-18-40)22-25-9-6-5-7-10-25)46-36(24)29-20-28(45-2)13-14-30(29)39(35(36)43)23-26-11-8-12-27(19-26)38-16-15-32(38)41/h5-14,19-20,24,31,34,40,44H,15-18,21-23H2,1-4H3/t24-,31+,34-,36+/m1/s1. The smallest absolute Gasteiger partial charge is 0.264 e. The Kier molecular flexibility index (Phi) is 9.01. The minimum Gasteiger partial charge on any atom is -0.497 e. The van der Waals surface area contributed by atoms with Crippen molar-refractivity contribution in [3.8, 4) is 5.75 Å². The van der Waals surface area contributed by atoms with Crippen LogP contribution in [0.15, 0.2) is 72.8 Å². The Bertz CT molecular complexity index is 1660. The van der Waals surface area contributed by atoms with Gasteiger partial charge in [0, 0.05) is 48.8 Å². The molecule has 4 atom stereocenters.